The second-order valence-electron chi connectivity index (χ2n) is 12.2. The molecule has 2 amide bonds. The van der Waals surface area contributed by atoms with E-state index in [-0.39, 0.29) is 11.5 Å². The highest BCUT2D eigenvalue weighted by atomic mass is 35.5. The maximum atomic E-state index is 15.9. The summed E-state index contributed by atoms with van der Waals surface area (Å²) in [6.45, 7) is 0. The lowest BCUT2D eigenvalue weighted by molar-refractivity contribution is -0.384. The van der Waals surface area contributed by atoms with Gasteiger partial charge in [-0.2, -0.15) is 0 Å². The number of hydrogen-bond donors (Lipinski definition) is 0. The molecule has 1 saturated carbocycles. The van der Waals surface area contributed by atoms with Gasteiger partial charge in [0.15, 0.2) is 5.78 Å². The van der Waals surface area contributed by atoms with E-state index in [0.29, 0.717) is 43.4 Å². The molecule has 234 valence electrons. The maximum absolute atomic E-state index is 15.9. The van der Waals surface area contributed by atoms with E-state index in [4.69, 9.17) is 23.2 Å². The lowest BCUT2D eigenvalue weighted by atomic mass is 9.59. The second kappa shape index (κ2) is 10.8. The number of carbonyl (C=O) groups is 3. The van der Waals surface area contributed by atoms with Crippen LogP contribution in [0.3, 0.4) is 0 Å². The van der Waals surface area contributed by atoms with Crippen LogP contribution >= 0.6 is 23.2 Å². The number of carbonyl (C=O) groups excluding carboxylic acids is 3. The molecule has 5 aromatic rings. The lowest BCUT2D eigenvalue weighted by Crippen LogP contribution is -2.45. The largest absolute Gasteiger partial charge is 0.297 e. The first-order chi connectivity index (χ1) is 23.2. The molecular formula is C39H24Cl2N2O5. The van der Waals surface area contributed by atoms with E-state index < -0.39 is 45.1 Å². The zero-order valence-electron chi connectivity index (χ0n) is 25.0. The van der Waals surface area contributed by atoms with Crippen molar-refractivity contribution in [2.45, 2.75) is 10.8 Å². The fraction of sp³-hybridized carbons (Fsp3) is 0.103. The van der Waals surface area contributed by atoms with Crippen LogP contribution in [0.4, 0.5) is 11.4 Å². The molecule has 1 aliphatic heterocycles. The first-order valence-electron chi connectivity index (χ1n) is 15.3. The van der Waals surface area contributed by atoms with Crippen LogP contribution in [0.5, 0.6) is 0 Å². The van der Waals surface area contributed by atoms with Crippen molar-refractivity contribution in [1.82, 2.24) is 0 Å². The minimum atomic E-state index is -1.67. The Bertz CT molecular complexity index is 2080. The molecule has 1 heterocycles. The van der Waals surface area contributed by atoms with Gasteiger partial charge in [-0.25, -0.2) is 4.90 Å². The molecule has 48 heavy (non-hydrogen) atoms. The molecule has 4 atom stereocenters. The average Bonchev–Trinajstić information content (AvgIpc) is 3.61. The van der Waals surface area contributed by atoms with Crippen LogP contribution < -0.4 is 4.90 Å². The third-order valence-electron chi connectivity index (χ3n) is 10.0. The van der Waals surface area contributed by atoms with E-state index >= 15 is 14.4 Å². The molecule has 2 fully saturated rings. The van der Waals surface area contributed by atoms with Crippen molar-refractivity contribution in [3.8, 4) is 0 Å². The Morgan fingerprint density at radius 3 is 1.38 bits per heavy atom. The average molecular weight is 672 g/mol. The summed E-state index contributed by atoms with van der Waals surface area (Å²) >= 11 is 12.8. The van der Waals surface area contributed by atoms with Crippen LogP contribution in [0.2, 0.25) is 10.0 Å². The van der Waals surface area contributed by atoms with Crippen molar-refractivity contribution in [2.24, 2.45) is 11.8 Å². The number of benzene rings is 5. The van der Waals surface area contributed by atoms with Gasteiger partial charge in [-0.1, -0.05) is 120 Å². The minimum absolute atomic E-state index is 0.140. The van der Waals surface area contributed by atoms with Crippen molar-refractivity contribution in [3.05, 3.63) is 176 Å². The number of imide groups is 1. The first kappa shape index (κ1) is 30.0. The molecule has 0 N–H and O–H groups in total. The fourth-order valence-corrected chi connectivity index (χ4v) is 8.65. The van der Waals surface area contributed by atoms with Gasteiger partial charge in [0, 0.05) is 16.1 Å². The third kappa shape index (κ3) is 3.80. The SMILES string of the molecule is O=C1[C@@H]2[C@@H](C(=O)N1c1ccccc1[N+](=O)[O-])[C@@]1(c3ccc(Cl)cc3)C(=O)[C@@]2(c2ccc(Cl)cc2)C(c2ccccc2)=C1c1ccccc1. The summed E-state index contributed by atoms with van der Waals surface area (Å²) in [5.74, 6) is -4.16. The van der Waals surface area contributed by atoms with Gasteiger partial charge in [-0.15, -0.1) is 0 Å². The van der Waals surface area contributed by atoms with Crippen molar-refractivity contribution in [1.29, 1.82) is 0 Å². The van der Waals surface area contributed by atoms with Gasteiger partial charge in [0.05, 0.1) is 27.6 Å². The highest BCUT2D eigenvalue weighted by Gasteiger charge is 2.83. The smallest absolute Gasteiger partial charge is 0.293 e. The van der Waals surface area contributed by atoms with Crippen LogP contribution in [0.15, 0.2) is 133 Å². The minimum Gasteiger partial charge on any atom is -0.297 e. The van der Waals surface area contributed by atoms with Gasteiger partial charge >= 0.3 is 0 Å². The molecule has 0 aromatic heterocycles. The standard InChI is InChI=1S/C39H24Cl2N2O5/c40-27-19-15-25(16-20-27)38-31(23-9-3-1-4-10-23)32(24-11-5-2-6-12-24)39(37(38)46,26-17-21-28(41)22-18-26)34-33(38)35(44)42(36(34)45)29-13-7-8-14-30(29)43(47)48/h1-22,33-34H/t33-,34-,38-,39-/m0/s1. The molecular weight excluding hydrogens is 647 g/mol. The topological polar surface area (TPSA) is 97.6 Å². The summed E-state index contributed by atoms with van der Waals surface area (Å²) in [5, 5.41) is 13.1. The summed E-state index contributed by atoms with van der Waals surface area (Å²) in [6.07, 6.45) is 0. The third-order valence-corrected chi connectivity index (χ3v) is 10.5. The Morgan fingerprint density at radius 2 is 0.958 bits per heavy atom. The predicted molar refractivity (Wildman–Crippen MR) is 184 cm³/mol. The van der Waals surface area contributed by atoms with Gasteiger partial charge in [-0.05, 0) is 63.7 Å². The summed E-state index contributed by atoms with van der Waals surface area (Å²) in [6, 6.07) is 38.1. The van der Waals surface area contributed by atoms with E-state index in [2.05, 4.69) is 0 Å². The second-order valence-corrected chi connectivity index (χ2v) is 13.0. The molecule has 2 aliphatic carbocycles. The molecule has 9 heteroatoms. The van der Waals surface area contributed by atoms with Crippen LogP contribution in [0.25, 0.3) is 11.1 Å². The molecule has 1 saturated heterocycles. The van der Waals surface area contributed by atoms with Crippen molar-refractivity contribution in [3.63, 3.8) is 0 Å². The van der Waals surface area contributed by atoms with Gasteiger partial charge in [0.2, 0.25) is 11.8 Å². The van der Waals surface area contributed by atoms with Crippen LogP contribution in [0, 0.1) is 22.0 Å². The number of nitrogens with zero attached hydrogens (tertiary/aromatic N) is 2. The van der Waals surface area contributed by atoms with Crippen molar-refractivity contribution < 1.29 is 19.3 Å². The van der Waals surface area contributed by atoms with Gasteiger partial charge in [0.25, 0.3) is 5.69 Å². The summed E-state index contributed by atoms with van der Waals surface area (Å²) in [5.41, 5.74) is -0.268. The zero-order valence-corrected chi connectivity index (χ0v) is 26.6. The Labute approximate surface area is 285 Å². The number of nitro benzene ring substituents is 1. The molecule has 8 rings (SSSR count). The fourth-order valence-electron chi connectivity index (χ4n) is 8.40. The number of amides is 2. The molecule has 2 bridgehead atoms. The number of allylic oxidation sites excluding steroid dienone is 2. The number of para-hydroxylation sites is 2. The number of Topliss-reactive ketones (excluding diaryl/α,β-unsaturated/α-hetero) is 1. The molecule has 5 aromatic carbocycles. The number of ketones is 1. The number of fused-ring (bicyclic) bond motifs is 5. The first-order valence-corrected chi connectivity index (χ1v) is 16.0. The van der Waals surface area contributed by atoms with E-state index in [1.54, 1.807) is 54.6 Å². The van der Waals surface area contributed by atoms with Gasteiger partial charge in [-0.3, -0.25) is 24.5 Å². The van der Waals surface area contributed by atoms with E-state index in [1.807, 2.05) is 60.7 Å². The van der Waals surface area contributed by atoms with E-state index in [9.17, 15) is 10.1 Å². The lowest BCUT2D eigenvalue weighted by Gasteiger charge is -2.39. The summed E-state index contributed by atoms with van der Waals surface area (Å²) < 4.78 is 0. The van der Waals surface area contributed by atoms with Crippen LogP contribution in [-0.4, -0.2) is 22.5 Å². The normalized spacial score (nSPS) is 24.4. The van der Waals surface area contributed by atoms with E-state index in [0.717, 1.165) is 4.90 Å². The van der Waals surface area contributed by atoms with E-state index in [1.165, 1.54) is 18.2 Å². The number of anilines is 1. The summed E-state index contributed by atoms with van der Waals surface area (Å²) in [7, 11) is 0. The quantitative estimate of drug-likeness (QED) is 0.103. The monoisotopic (exact) mass is 670 g/mol. The van der Waals surface area contributed by atoms with Crippen LogP contribution in [0.1, 0.15) is 22.3 Å². The van der Waals surface area contributed by atoms with Gasteiger partial charge in [0.1, 0.15) is 5.69 Å². The van der Waals surface area contributed by atoms with Gasteiger partial charge < -0.3 is 0 Å². The van der Waals surface area contributed by atoms with Crippen LogP contribution in [-0.2, 0) is 25.2 Å². The number of rotatable bonds is 6. The Balaban J connectivity index is 1.56. The highest BCUT2D eigenvalue weighted by molar-refractivity contribution is 6.39. The molecule has 0 unspecified atom stereocenters. The Hall–Kier alpha value is -5.37. The summed E-state index contributed by atoms with van der Waals surface area (Å²) in [4.78, 5) is 58.6. The Morgan fingerprint density at radius 1 is 0.562 bits per heavy atom. The van der Waals surface area contributed by atoms with Crippen molar-refractivity contribution in [2.75, 3.05) is 4.90 Å². The highest BCUT2D eigenvalue weighted by Crippen LogP contribution is 2.74. The predicted octanol–water partition coefficient (Wildman–Crippen LogP) is 8.09. The maximum Gasteiger partial charge on any atom is 0.293 e. The number of halogens is 2. The molecule has 0 radical (unpaired) electrons. The molecule has 7 nitrogen and oxygen atoms in total. The zero-order chi connectivity index (χ0) is 33.4. The Kier molecular flexibility index (Phi) is 6.77. The molecule has 0 spiro atoms. The van der Waals surface area contributed by atoms with Crippen molar-refractivity contribution >= 4 is 63.3 Å². The molecule has 3 aliphatic rings. The number of hydrogen-bond acceptors (Lipinski definition) is 5. The number of nitro groups is 1.